The van der Waals surface area contributed by atoms with Crippen LogP contribution in [0.1, 0.15) is 57.2 Å². The Hall–Kier alpha value is -1.03. The number of unbranched alkanes of at least 4 members (excludes halogenated alkanes) is 1. The summed E-state index contributed by atoms with van der Waals surface area (Å²) in [6.07, 6.45) is 7.18. The number of aryl methyl sites for hydroxylation is 1. The van der Waals surface area contributed by atoms with Gasteiger partial charge < -0.3 is 4.52 Å². The molecule has 0 unspecified atom stereocenters. The quantitative estimate of drug-likeness (QED) is 0.710. The van der Waals surface area contributed by atoms with E-state index in [0.717, 1.165) is 44.9 Å². The average molecular weight is 386 g/mol. The standard InChI is InChI=1S/C17H31N5O3S/c1-2-3-8-17-18-16(19-25-17)15-20-11-13-22(14-12-20)26(23,24)21-9-6-4-5-7-10-21/h2-15H2,1H3. The maximum absolute atomic E-state index is 12.9. The largest absolute Gasteiger partial charge is 0.339 e. The van der Waals surface area contributed by atoms with Crippen molar-refractivity contribution in [1.82, 2.24) is 23.7 Å². The van der Waals surface area contributed by atoms with Crippen LogP contribution < -0.4 is 0 Å². The Kier molecular flexibility index (Phi) is 7.02. The Morgan fingerprint density at radius 1 is 0.962 bits per heavy atom. The molecule has 148 valence electrons. The lowest BCUT2D eigenvalue weighted by Gasteiger charge is -2.36. The SMILES string of the molecule is CCCCc1nc(CN2CCN(S(=O)(=O)N3CCCCCC3)CC2)no1. The fourth-order valence-electron chi connectivity index (χ4n) is 3.54. The van der Waals surface area contributed by atoms with Crippen molar-refractivity contribution in [1.29, 1.82) is 0 Å². The van der Waals surface area contributed by atoms with Gasteiger partial charge >= 0.3 is 0 Å². The zero-order chi connectivity index (χ0) is 18.4. The van der Waals surface area contributed by atoms with Crippen LogP contribution in [0, 0.1) is 0 Å². The number of hydrogen-bond acceptors (Lipinski definition) is 6. The fraction of sp³-hybridized carbons (Fsp3) is 0.882. The first kappa shape index (κ1) is 19.7. The Morgan fingerprint density at radius 3 is 2.27 bits per heavy atom. The highest BCUT2D eigenvalue weighted by atomic mass is 32.2. The highest BCUT2D eigenvalue weighted by Crippen LogP contribution is 2.18. The van der Waals surface area contributed by atoms with Crippen molar-refractivity contribution in [2.75, 3.05) is 39.3 Å². The number of piperazine rings is 1. The average Bonchev–Trinajstić information content (AvgIpc) is 2.90. The molecule has 0 N–H and O–H groups in total. The third-order valence-electron chi connectivity index (χ3n) is 5.17. The maximum atomic E-state index is 12.9. The molecular formula is C17H31N5O3S. The third kappa shape index (κ3) is 5.03. The Labute approximate surface area is 156 Å². The molecule has 0 saturated carbocycles. The van der Waals surface area contributed by atoms with Gasteiger partial charge in [0, 0.05) is 45.7 Å². The van der Waals surface area contributed by atoms with Gasteiger partial charge in [0.1, 0.15) is 0 Å². The molecule has 0 aliphatic carbocycles. The molecule has 9 heteroatoms. The summed E-state index contributed by atoms with van der Waals surface area (Å²) in [7, 11) is -3.32. The minimum atomic E-state index is -3.32. The van der Waals surface area contributed by atoms with Gasteiger partial charge in [0.05, 0.1) is 6.54 Å². The molecule has 0 atom stereocenters. The van der Waals surface area contributed by atoms with Crippen LogP contribution in [0.3, 0.4) is 0 Å². The topological polar surface area (TPSA) is 82.8 Å². The van der Waals surface area contributed by atoms with Crippen LogP contribution in [0.2, 0.25) is 0 Å². The maximum Gasteiger partial charge on any atom is 0.282 e. The number of nitrogens with zero attached hydrogens (tertiary/aromatic N) is 5. The molecule has 3 heterocycles. The Bertz CT molecular complexity index is 647. The van der Waals surface area contributed by atoms with Crippen molar-refractivity contribution in [2.45, 2.75) is 58.4 Å². The van der Waals surface area contributed by atoms with Gasteiger partial charge in [-0.1, -0.05) is 31.3 Å². The zero-order valence-corrected chi connectivity index (χ0v) is 16.6. The molecule has 0 spiro atoms. The lowest BCUT2D eigenvalue weighted by Crippen LogP contribution is -2.53. The van der Waals surface area contributed by atoms with Gasteiger partial charge in [-0.3, -0.25) is 4.90 Å². The van der Waals surface area contributed by atoms with Crippen LogP contribution in [-0.4, -0.2) is 71.3 Å². The summed E-state index contributed by atoms with van der Waals surface area (Å²) in [6, 6.07) is 0. The van der Waals surface area contributed by atoms with Crippen molar-refractivity contribution in [2.24, 2.45) is 0 Å². The van der Waals surface area contributed by atoms with Crippen molar-refractivity contribution in [3.05, 3.63) is 11.7 Å². The minimum Gasteiger partial charge on any atom is -0.339 e. The zero-order valence-electron chi connectivity index (χ0n) is 15.8. The Morgan fingerprint density at radius 2 is 1.62 bits per heavy atom. The van der Waals surface area contributed by atoms with Crippen LogP contribution in [0.25, 0.3) is 0 Å². The molecule has 0 bridgehead atoms. The molecule has 2 fully saturated rings. The molecule has 3 rings (SSSR count). The summed E-state index contributed by atoms with van der Waals surface area (Å²) in [5.41, 5.74) is 0. The number of rotatable bonds is 7. The first-order valence-electron chi connectivity index (χ1n) is 9.88. The van der Waals surface area contributed by atoms with E-state index in [4.69, 9.17) is 4.52 Å². The van der Waals surface area contributed by atoms with Crippen LogP contribution in [0.15, 0.2) is 4.52 Å². The Balaban J connectivity index is 1.49. The van der Waals surface area contributed by atoms with Gasteiger partial charge in [0.2, 0.25) is 5.89 Å². The molecule has 0 amide bonds. The van der Waals surface area contributed by atoms with E-state index in [1.165, 1.54) is 0 Å². The predicted molar refractivity (Wildman–Crippen MR) is 98.7 cm³/mol. The van der Waals surface area contributed by atoms with E-state index in [0.29, 0.717) is 57.5 Å². The molecule has 2 saturated heterocycles. The summed E-state index contributed by atoms with van der Waals surface area (Å²) >= 11 is 0. The second-order valence-corrected chi connectivity index (χ2v) is 9.13. The second-order valence-electron chi connectivity index (χ2n) is 7.20. The molecule has 1 aromatic rings. The summed E-state index contributed by atoms with van der Waals surface area (Å²) in [4.78, 5) is 6.63. The smallest absolute Gasteiger partial charge is 0.282 e. The highest BCUT2D eigenvalue weighted by molar-refractivity contribution is 7.86. The van der Waals surface area contributed by atoms with E-state index in [1.54, 1.807) is 8.61 Å². The van der Waals surface area contributed by atoms with Gasteiger partial charge in [-0.25, -0.2) is 0 Å². The highest BCUT2D eigenvalue weighted by Gasteiger charge is 2.32. The molecular weight excluding hydrogens is 354 g/mol. The van der Waals surface area contributed by atoms with E-state index < -0.39 is 10.2 Å². The second kappa shape index (κ2) is 9.25. The van der Waals surface area contributed by atoms with Gasteiger partial charge in [0.15, 0.2) is 5.82 Å². The van der Waals surface area contributed by atoms with Crippen molar-refractivity contribution >= 4 is 10.2 Å². The summed E-state index contributed by atoms with van der Waals surface area (Å²) < 4.78 is 34.3. The molecule has 0 aromatic carbocycles. The lowest BCUT2D eigenvalue weighted by molar-refractivity contribution is 0.170. The third-order valence-corrected chi connectivity index (χ3v) is 7.20. The number of aromatic nitrogens is 2. The van der Waals surface area contributed by atoms with E-state index >= 15 is 0 Å². The van der Waals surface area contributed by atoms with Gasteiger partial charge in [-0.05, 0) is 19.3 Å². The van der Waals surface area contributed by atoms with E-state index in [9.17, 15) is 8.42 Å². The van der Waals surface area contributed by atoms with Crippen LogP contribution in [-0.2, 0) is 23.2 Å². The van der Waals surface area contributed by atoms with E-state index in [1.807, 2.05) is 0 Å². The molecule has 0 radical (unpaired) electrons. The van der Waals surface area contributed by atoms with Crippen molar-refractivity contribution < 1.29 is 12.9 Å². The normalized spacial score (nSPS) is 21.7. The summed E-state index contributed by atoms with van der Waals surface area (Å²) in [6.45, 7) is 6.53. The monoisotopic (exact) mass is 385 g/mol. The van der Waals surface area contributed by atoms with Gasteiger partial charge in [0.25, 0.3) is 10.2 Å². The van der Waals surface area contributed by atoms with Gasteiger partial charge in [-0.15, -0.1) is 0 Å². The summed E-state index contributed by atoms with van der Waals surface area (Å²) in [5, 5.41) is 4.05. The summed E-state index contributed by atoms with van der Waals surface area (Å²) in [5.74, 6) is 1.39. The molecule has 26 heavy (non-hydrogen) atoms. The van der Waals surface area contributed by atoms with Gasteiger partial charge in [-0.2, -0.15) is 22.0 Å². The molecule has 2 aliphatic heterocycles. The van der Waals surface area contributed by atoms with Crippen molar-refractivity contribution in [3.63, 3.8) is 0 Å². The first-order chi connectivity index (χ1) is 12.6. The van der Waals surface area contributed by atoms with Crippen LogP contribution in [0.5, 0.6) is 0 Å². The molecule has 2 aliphatic rings. The molecule has 8 nitrogen and oxygen atoms in total. The molecule has 1 aromatic heterocycles. The fourth-order valence-corrected chi connectivity index (χ4v) is 5.21. The number of hydrogen-bond donors (Lipinski definition) is 0. The van der Waals surface area contributed by atoms with E-state index in [-0.39, 0.29) is 0 Å². The predicted octanol–water partition coefficient (Wildman–Crippen LogP) is 1.65. The lowest BCUT2D eigenvalue weighted by atomic mass is 10.2. The van der Waals surface area contributed by atoms with Crippen LogP contribution >= 0.6 is 0 Å². The van der Waals surface area contributed by atoms with Crippen molar-refractivity contribution in [3.8, 4) is 0 Å². The first-order valence-corrected chi connectivity index (χ1v) is 11.3. The minimum absolute atomic E-state index is 0.527. The van der Waals surface area contributed by atoms with E-state index in [2.05, 4.69) is 22.0 Å². The van der Waals surface area contributed by atoms with Crippen LogP contribution in [0.4, 0.5) is 0 Å².